The number of rotatable bonds is 3. The number of carbonyl (C=O) groups excluding carboxylic acids is 1. The standard InChI is InChI=1S/C11H10Br2N2O3/c1-3-6(2)11(16)14-10-8(12)4-7(15(17)18)5-9(10)13/h3-5H,1-2H3,(H,14,16). The number of anilines is 1. The van der Waals surface area contributed by atoms with E-state index in [1.807, 2.05) is 0 Å². The van der Waals surface area contributed by atoms with Crippen molar-refractivity contribution in [3.8, 4) is 0 Å². The van der Waals surface area contributed by atoms with Crippen molar-refractivity contribution in [3.05, 3.63) is 42.8 Å². The topological polar surface area (TPSA) is 72.2 Å². The number of nitrogens with one attached hydrogen (secondary N) is 1. The molecule has 7 heteroatoms. The second kappa shape index (κ2) is 6.10. The van der Waals surface area contributed by atoms with Gasteiger partial charge in [0, 0.05) is 26.7 Å². The lowest BCUT2D eigenvalue weighted by molar-refractivity contribution is -0.385. The monoisotopic (exact) mass is 376 g/mol. The summed E-state index contributed by atoms with van der Waals surface area (Å²) >= 11 is 6.39. The number of carbonyl (C=O) groups is 1. The number of benzene rings is 1. The van der Waals surface area contributed by atoms with Crippen LogP contribution in [0, 0.1) is 10.1 Å². The summed E-state index contributed by atoms with van der Waals surface area (Å²) in [6, 6.07) is 2.68. The summed E-state index contributed by atoms with van der Waals surface area (Å²) in [5.74, 6) is -0.257. The van der Waals surface area contributed by atoms with Crippen LogP contribution in [-0.2, 0) is 4.79 Å². The maximum Gasteiger partial charge on any atom is 0.271 e. The van der Waals surface area contributed by atoms with Crippen LogP contribution in [0.4, 0.5) is 11.4 Å². The first kappa shape index (κ1) is 14.8. The lowest BCUT2D eigenvalue weighted by Crippen LogP contribution is -2.13. The van der Waals surface area contributed by atoms with Gasteiger partial charge in [0.25, 0.3) is 11.6 Å². The summed E-state index contributed by atoms with van der Waals surface area (Å²) < 4.78 is 0.890. The molecule has 5 nitrogen and oxygen atoms in total. The molecule has 0 aliphatic rings. The molecule has 0 unspecified atom stereocenters. The van der Waals surface area contributed by atoms with Crippen LogP contribution < -0.4 is 5.32 Å². The van der Waals surface area contributed by atoms with E-state index in [4.69, 9.17) is 0 Å². The molecule has 0 aliphatic carbocycles. The van der Waals surface area contributed by atoms with E-state index in [0.717, 1.165) is 0 Å². The lowest BCUT2D eigenvalue weighted by atomic mass is 10.2. The molecule has 18 heavy (non-hydrogen) atoms. The van der Waals surface area contributed by atoms with Gasteiger partial charge in [0.05, 0.1) is 10.6 Å². The van der Waals surface area contributed by atoms with Crippen molar-refractivity contribution in [2.45, 2.75) is 13.8 Å². The number of nitro groups is 1. The van der Waals surface area contributed by atoms with Gasteiger partial charge in [-0.1, -0.05) is 6.08 Å². The number of amides is 1. The molecule has 1 aromatic rings. The second-order valence-electron chi connectivity index (χ2n) is 3.47. The highest BCUT2D eigenvalue weighted by Crippen LogP contribution is 2.35. The Labute approximate surface area is 121 Å². The number of halogens is 2. The molecule has 1 amide bonds. The van der Waals surface area contributed by atoms with E-state index in [9.17, 15) is 14.9 Å². The molecule has 0 saturated carbocycles. The summed E-state index contributed by atoms with van der Waals surface area (Å²) in [5, 5.41) is 13.3. The number of nitrogens with zero attached hydrogens (tertiary/aromatic N) is 1. The molecule has 96 valence electrons. The predicted molar refractivity (Wildman–Crippen MR) is 76.6 cm³/mol. The Morgan fingerprint density at radius 3 is 2.28 bits per heavy atom. The van der Waals surface area contributed by atoms with Crippen LogP contribution in [0.25, 0.3) is 0 Å². The first-order valence-electron chi connectivity index (χ1n) is 4.94. The first-order chi connectivity index (χ1) is 8.36. The second-order valence-corrected chi connectivity index (χ2v) is 5.18. The van der Waals surface area contributed by atoms with Crippen LogP contribution in [0.1, 0.15) is 13.8 Å². The van der Waals surface area contributed by atoms with Crippen molar-refractivity contribution in [3.63, 3.8) is 0 Å². The highest BCUT2D eigenvalue weighted by Gasteiger charge is 2.16. The fourth-order valence-electron chi connectivity index (χ4n) is 1.13. The summed E-state index contributed by atoms with van der Waals surface area (Å²) in [5.41, 5.74) is 0.966. The molecular weight excluding hydrogens is 368 g/mol. The van der Waals surface area contributed by atoms with Gasteiger partial charge in [0.1, 0.15) is 0 Å². The fraction of sp³-hybridized carbons (Fsp3) is 0.182. The predicted octanol–water partition coefficient (Wildman–Crippen LogP) is 4.02. The quantitative estimate of drug-likeness (QED) is 0.491. The average molecular weight is 378 g/mol. The minimum absolute atomic E-state index is 0.0606. The fourth-order valence-corrected chi connectivity index (χ4v) is 2.49. The summed E-state index contributed by atoms with van der Waals surface area (Å²) in [4.78, 5) is 21.9. The van der Waals surface area contributed by atoms with E-state index in [2.05, 4.69) is 37.2 Å². The van der Waals surface area contributed by atoms with E-state index < -0.39 is 4.92 Å². The van der Waals surface area contributed by atoms with Gasteiger partial charge in [0.2, 0.25) is 0 Å². The number of hydrogen-bond donors (Lipinski definition) is 1. The highest BCUT2D eigenvalue weighted by atomic mass is 79.9. The molecule has 0 spiro atoms. The van der Waals surface area contributed by atoms with E-state index in [0.29, 0.717) is 20.2 Å². The van der Waals surface area contributed by atoms with Gasteiger partial charge in [-0.2, -0.15) is 0 Å². The maximum atomic E-state index is 11.7. The minimum Gasteiger partial charge on any atom is -0.320 e. The van der Waals surface area contributed by atoms with Gasteiger partial charge < -0.3 is 5.32 Å². The van der Waals surface area contributed by atoms with Crippen LogP contribution in [0.2, 0.25) is 0 Å². The van der Waals surface area contributed by atoms with Crippen LogP contribution in [0.3, 0.4) is 0 Å². The Bertz CT molecular complexity index is 518. The first-order valence-corrected chi connectivity index (χ1v) is 6.53. The van der Waals surface area contributed by atoms with Gasteiger partial charge >= 0.3 is 0 Å². The molecule has 0 bridgehead atoms. The number of hydrogen-bond acceptors (Lipinski definition) is 3. The smallest absolute Gasteiger partial charge is 0.271 e. The average Bonchev–Trinajstić information content (AvgIpc) is 2.31. The molecule has 0 atom stereocenters. The third kappa shape index (κ3) is 3.39. The normalized spacial score (nSPS) is 11.2. The van der Waals surface area contributed by atoms with Crippen LogP contribution >= 0.6 is 31.9 Å². The minimum atomic E-state index is -0.502. The Morgan fingerprint density at radius 2 is 1.89 bits per heavy atom. The Kier molecular flexibility index (Phi) is 5.03. The van der Waals surface area contributed by atoms with Crippen molar-refractivity contribution in [1.82, 2.24) is 0 Å². The lowest BCUT2D eigenvalue weighted by Gasteiger charge is -2.09. The molecule has 1 rings (SSSR count). The van der Waals surface area contributed by atoms with E-state index in [1.165, 1.54) is 12.1 Å². The SMILES string of the molecule is CC=C(C)C(=O)Nc1c(Br)cc([N+](=O)[O-])cc1Br. The van der Waals surface area contributed by atoms with E-state index >= 15 is 0 Å². The highest BCUT2D eigenvalue weighted by molar-refractivity contribution is 9.11. The molecule has 0 saturated heterocycles. The molecule has 0 fully saturated rings. The van der Waals surface area contributed by atoms with Crippen molar-refractivity contribution >= 4 is 49.1 Å². The summed E-state index contributed by atoms with van der Waals surface area (Å²) in [6.45, 7) is 3.44. The zero-order valence-electron chi connectivity index (χ0n) is 9.66. The van der Waals surface area contributed by atoms with Gasteiger partial charge in [-0.3, -0.25) is 14.9 Å². The number of nitro benzene ring substituents is 1. The van der Waals surface area contributed by atoms with Crippen LogP contribution in [0.5, 0.6) is 0 Å². The van der Waals surface area contributed by atoms with Gasteiger partial charge in [-0.25, -0.2) is 0 Å². The van der Waals surface area contributed by atoms with Gasteiger partial charge in [0.15, 0.2) is 0 Å². The van der Waals surface area contributed by atoms with Crippen molar-refractivity contribution in [1.29, 1.82) is 0 Å². The van der Waals surface area contributed by atoms with Crippen LogP contribution in [0.15, 0.2) is 32.7 Å². The Morgan fingerprint density at radius 1 is 1.39 bits per heavy atom. The van der Waals surface area contributed by atoms with Gasteiger partial charge in [-0.15, -0.1) is 0 Å². The molecule has 0 heterocycles. The van der Waals surface area contributed by atoms with Crippen molar-refractivity contribution in [2.24, 2.45) is 0 Å². The van der Waals surface area contributed by atoms with E-state index in [1.54, 1.807) is 19.9 Å². The molecule has 0 aliphatic heterocycles. The van der Waals surface area contributed by atoms with Crippen molar-refractivity contribution in [2.75, 3.05) is 5.32 Å². The zero-order chi connectivity index (χ0) is 13.9. The molecular formula is C11H10Br2N2O3. The maximum absolute atomic E-state index is 11.7. The zero-order valence-corrected chi connectivity index (χ0v) is 12.8. The third-order valence-electron chi connectivity index (χ3n) is 2.27. The van der Waals surface area contributed by atoms with Crippen LogP contribution in [-0.4, -0.2) is 10.8 Å². The van der Waals surface area contributed by atoms with Crippen molar-refractivity contribution < 1.29 is 9.72 Å². The third-order valence-corrected chi connectivity index (χ3v) is 3.52. The Hall–Kier alpha value is -1.21. The molecule has 1 N–H and O–H groups in total. The Balaban J connectivity index is 3.12. The van der Waals surface area contributed by atoms with E-state index in [-0.39, 0.29) is 11.6 Å². The number of non-ortho nitro benzene ring substituents is 1. The molecule has 0 radical (unpaired) electrons. The molecule has 1 aromatic carbocycles. The summed E-state index contributed by atoms with van der Waals surface area (Å²) in [6.07, 6.45) is 1.68. The largest absolute Gasteiger partial charge is 0.320 e. The van der Waals surface area contributed by atoms with Gasteiger partial charge in [-0.05, 0) is 45.7 Å². The summed E-state index contributed by atoms with van der Waals surface area (Å²) in [7, 11) is 0. The number of allylic oxidation sites excluding steroid dienone is 1. The molecule has 0 aromatic heterocycles.